The van der Waals surface area contributed by atoms with E-state index in [1.165, 1.54) is 12.8 Å². The summed E-state index contributed by atoms with van der Waals surface area (Å²) in [6.45, 7) is 2.44. The largest absolute Gasteiger partial charge is 0.493 e. The van der Waals surface area contributed by atoms with Crippen LogP contribution in [0.3, 0.4) is 0 Å². The molecule has 0 unspecified atom stereocenters. The molecule has 2 fully saturated rings. The summed E-state index contributed by atoms with van der Waals surface area (Å²) >= 11 is 0. The molecule has 2 atom stereocenters. The molecule has 1 aliphatic heterocycles. The number of amides is 2. The molecule has 6 nitrogen and oxygen atoms in total. The van der Waals surface area contributed by atoms with Crippen molar-refractivity contribution in [1.82, 2.24) is 5.32 Å². The van der Waals surface area contributed by atoms with Gasteiger partial charge in [0.15, 0.2) is 11.5 Å². The number of carbonyl (C=O) groups excluding carboxylic acids is 2. The van der Waals surface area contributed by atoms with Gasteiger partial charge in [-0.3, -0.25) is 9.59 Å². The van der Waals surface area contributed by atoms with E-state index in [4.69, 9.17) is 9.47 Å². The van der Waals surface area contributed by atoms with E-state index in [0.29, 0.717) is 24.0 Å². The Morgan fingerprint density at radius 1 is 1.25 bits per heavy atom. The lowest BCUT2D eigenvalue weighted by Crippen LogP contribution is -2.39. The first-order valence-corrected chi connectivity index (χ1v) is 8.36. The first kappa shape index (κ1) is 16.6. The SMILES string of the molecule is COc1ccc(N2C[C@@H](C(=O)N[C@@H](C)C3CC3)CC2=O)cc1OC. The minimum absolute atomic E-state index is 0.0225. The second-order valence-electron chi connectivity index (χ2n) is 6.58. The van der Waals surface area contributed by atoms with Crippen molar-refractivity contribution in [3.8, 4) is 11.5 Å². The van der Waals surface area contributed by atoms with Gasteiger partial charge >= 0.3 is 0 Å². The van der Waals surface area contributed by atoms with Gasteiger partial charge in [0.2, 0.25) is 11.8 Å². The van der Waals surface area contributed by atoms with Gasteiger partial charge in [-0.25, -0.2) is 0 Å². The molecule has 1 aromatic rings. The molecular weight excluding hydrogens is 308 g/mol. The smallest absolute Gasteiger partial charge is 0.227 e. The van der Waals surface area contributed by atoms with Crippen LogP contribution in [0.25, 0.3) is 0 Å². The van der Waals surface area contributed by atoms with Gasteiger partial charge in [-0.1, -0.05) is 0 Å². The second-order valence-corrected chi connectivity index (χ2v) is 6.58. The molecule has 2 aliphatic rings. The van der Waals surface area contributed by atoms with Gasteiger partial charge in [0, 0.05) is 30.8 Å². The Morgan fingerprint density at radius 3 is 2.58 bits per heavy atom. The molecule has 1 saturated heterocycles. The third-order valence-electron chi connectivity index (χ3n) is 4.87. The minimum atomic E-state index is -0.299. The molecule has 6 heteroatoms. The lowest BCUT2D eigenvalue weighted by Gasteiger charge is -2.19. The van der Waals surface area contributed by atoms with E-state index in [1.807, 2.05) is 13.0 Å². The highest BCUT2D eigenvalue weighted by Gasteiger charge is 2.37. The van der Waals surface area contributed by atoms with Crippen molar-refractivity contribution in [3.05, 3.63) is 18.2 Å². The summed E-state index contributed by atoms with van der Waals surface area (Å²) in [4.78, 5) is 26.4. The molecule has 0 bridgehead atoms. The van der Waals surface area contributed by atoms with E-state index >= 15 is 0 Å². The second kappa shape index (κ2) is 6.71. The molecule has 0 aromatic heterocycles. The van der Waals surface area contributed by atoms with Crippen molar-refractivity contribution in [2.24, 2.45) is 11.8 Å². The third kappa shape index (κ3) is 3.32. The number of hydrogen-bond acceptors (Lipinski definition) is 4. The average Bonchev–Trinajstić information content (AvgIpc) is 3.36. The van der Waals surface area contributed by atoms with Crippen LogP contribution < -0.4 is 19.7 Å². The molecule has 1 heterocycles. The number of hydrogen-bond donors (Lipinski definition) is 1. The summed E-state index contributed by atoms with van der Waals surface area (Å²) in [6, 6.07) is 5.54. The minimum Gasteiger partial charge on any atom is -0.493 e. The van der Waals surface area contributed by atoms with E-state index < -0.39 is 0 Å². The van der Waals surface area contributed by atoms with Gasteiger partial charge in [-0.2, -0.15) is 0 Å². The van der Waals surface area contributed by atoms with Gasteiger partial charge in [-0.15, -0.1) is 0 Å². The zero-order chi connectivity index (χ0) is 17.3. The lowest BCUT2D eigenvalue weighted by molar-refractivity contribution is -0.127. The first-order chi connectivity index (χ1) is 11.5. The third-order valence-corrected chi connectivity index (χ3v) is 4.87. The van der Waals surface area contributed by atoms with E-state index in [1.54, 1.807) is 31.3 Å². The summed E-state index contributed by atoms with van der Waals surface area (Å²) in [6.07, 6.45) is 2.61. The number of benzene rings is 1. The Morgan fingerprint density at radius 2 is 1.96 bits per heavy atom. The van der Waals surface area contributed by atoms with Crippen molar-refractivity contribution >= 4 is 17.5 Å². The fourth-order valence-electron chi connectivity index (χ4n) is 3.18. The van der Waals surface area contributed by atoms with Crippen molar-refractivity contribution < 1.29 is 19.1 Å². The highest BCUT2D eigenvalue weighted by atomic mass is 16.5. The van der Waals surface area contributed by atoms with Crippen molar-refractivity contribution in [3.63, 3.8) is 0 Å². The van der Waals surface area contributed by atoms with Gasteiger partial charge in [0.1, 0.15) is 0 Å². The Kier molecular flexibility index (Phi) is 4.64. The Bertz CT molecular complexity index is 642. The average molecular weight is 332 g/mol. The molecule has 130 valence electrons. The summed E-state index contributed by atoms with van der Waals surface area (Å²) in [7, 11) is 3.13. The fraction of sp³-hybridized carbons (Fsp3) is 0.556. The quantitative estimate of drug-likeness (QED) is 0.865. The molecule has 1 N–H and O–H groups in total. The highest BCUT2D eigenvalue weighted by Crippen LogP contribution is 2.35. The maximum atomic E-state index is 12.4. The topological polar surface area (TPSA) is 67.9 Å². The van der Waals surface area contributed by atoms with Gasteiger partial charge in [-0.05, 0) is 37.8 Å². The Balaban J connectivity index is 1.69. The van der Waals surface area contributed by atoms with Crippen LogP contribution in [0.5, 0.6) is 11.5 Å². The molecule has 1 aromatic carbocycles. The van der Waals surface area contributed by atoms with Crippen molar-refractivity contribution in [2.75, 3.05) is 25.7 Å². The van der Waals surface area contributed by atoms with Gasteiger partial charge in [0.25, 0.3) is 0 Å². The van der Waals surface area contributed by atoms with Crippen LogP contribution >= 0.6 is 0 Å². The number of anilines is 1. The molecule has 1 saturated carbocycles. The zero-order valence-electron chi connectivity index (χ0n) is 14.4. The summed E-state index contributed by atoms with van der Waals surface area (Å²) in [5, 5.41) is 3.05. The van der Waals surface area contributed by atoms with Crippen molar-refractivity contribution in [2.45, 2.75) is 32.2 Å². The number of nitrogens with zero attached hydrogens (tertiary/aromatic N) is 1. The van der Waals surface area contributed by atoms with Crippen LogP contribution in [-0.4, -0.2) is 38.6 Å². The summed E-state index contributed by atoms with van der Waals surface area (Å²) < 4.78 is 10.5. The number of methoxy groups -OCH3 is 2. The lowest BCUT2D eigenvalue weighted by atomic mass is 10.1. The summed E-state index contributed by atoms with van der Waals surface area (Å²) in [5.41, 5.74) is 0.725. The van der Waals surface area contributed by atoms with Crippen molar-refractivity contribution in [1.29, 1.82) is 0 Å². The summed E-state index contributed by atoms with van der Waals surface area (Å²) in [5.74, 6) is 1.42. The predicted molar refractivity (Wildman–Crippen MR) is 90.3 cm³/mol. The number of rotatable bonds is 6. The van der Waals surface area contributed by atoms with E-state index in [-0.39, 0.29) is 30.2 Å². The number of nitrogens with one attached hydrogen (secondary N) is 1. The standard InChI is InChI=1S/C18H24N2O4/c1-11(12-4-5-12)19-18(22)13-8-17(21)20(10-13)14-6-7-15(23-2)16(9-14)24-3/h6-7,9,11-13H,4-5,8,10H2,1-3H3,(H,19,22)/t11-,13-/m0/s1. The van der Waals surface area contributed by atoms with Gasteiger partial charge < -0.3 is 19.7 Å². The molecule has 0 radical (unpaired) electrons. The highest BCUT2D eigenvalue weighted by molar-refractivity contribution is 6.00. The normalized spacial score (nSPS) is 21.5. The monoisotopic (exact) mass is 332 g/mol. The Labute approximate surface area is 142 Å². The van der Waals surface area contributed by atoms with E-state index in [9.17, 15) is 9.59 Å². The molecular formula is C18H24N2O4. The van der Waals surface area contributed by atoms with Crippen LogP contribution in [0.1, 0.15) is 26.2 Å². The zero-order valence-corrected chi connectivity index (χ0v) is 14.4. The molecule has 3 rings (SSSR count). The Hall–Kier alpha value is -2.24. The fourth-order valence-corrected chi connectivity index (χ4v) is 3.18. The first-order valence-electron chi connectivity index (χ1n) is 8.36. The molecule has 24 heavy (non-hydrogen) atoms. The van der Waals surface area contributed by atoms with E-state index in [0.717, 1.165) is 5.69 Å². The molecule has 0 spiro atoms. The maximum Gasteiger partial charge on any atom is 0.227 e. The van der Waals surface area contributed by atoms with Crippen LogP contribution in [-0.2, 0) is 9.59 Å². The molecule has 1 aliphatic carbocycles. The molecule has 2 amide bonds. The van der Waals surface area contributed by atoms with Crippen LogP contribution in [0.2, 0.25) is 0 Å². The van der Waals surface area contributed by atoms with Crippen LogP contribution in [0.4, 0.5) is 5.69 Å². The van der Waals surface area contributed by atoms with Crippen LogP contribution in [0.15, 0.2) is 18.2 Å². The number of ether oxygens (including phenoxy) is 2. The maximum absolute atomic E-state index is 12.4. The van der Waals surface area contributed by atoms with Gasteiger partial charge in [0.05, 0.1) is 20.1 Å². The van der Waals surface area contributed by atoms with Crippen LogP contribution in [0, 0.1) is 11.8 Å². The number of carbonyl (C=O) groups is 2. The van der Waals surface area contributed by atoms with E-state index in [2.05, 4.69) is 5.32 Å². The predicted octanol–water partition coefficient (Wildman–Crippen LogP) is 1.97.